The molecule has 1 aromatic heterocycles. The molecule has 2 nitrogen and oxygen atoms in total. The number of rotatable bonds is 5. The molecule has 0 aliphatic heterocycles. The van der Waals surface area contributed by atoms with Crippen molar-refractivity contribution in [3.8, 4) is 12.3 Å². The Morgan fingerprint density at radius 1 is 1.50 bits per heavy atom. The molecular formula is C12H16N2. The Morgan fingerprint density at radius 2 is 2.21 bits per heavy atom. The van der Waals surface area contributed by atoms with Gasteiger partial charge in [-0.05, 0) is 24.1 Å². The lowest BCUT2D eigenvalue weighted by atomic mass is 10.1. The van der Waals surface area contributed by atoms with E-state index < -0.39 is 0 Å². The molecule has 0 spiro atoms. The zero-order valence-electron chi connectivity index (χ0n) is 8.53. The molecule has 1 unspecified atom stereocenters. The van der Waals surface area contributed by atoms with Crippen molar-refractivity contribution >= 4 is 0 Å². The van der Waals surface area contributed by atoms with Gasteiger partial charge in [-0.1, -0.05) is 19.3 Å². The summed E-state index contributed by atoms with van der Waals surface area (Å²) < 4.78 is 0. The summed E-state index contributed by atoms with van der Waals surface area (Å²) in [6.07, 6.45) is 11.1. The standard InChI is InChI=1S/C12H16N2/c1-3-5-12(4-2)14-10-11-6-8-13-9-7-11/h2,6-9,12,14H,3,5,10H2,1H3. The molecular weight excluding hydrogens is 172 g/mol. The van der Waals surface area contributed by atoms with E-state index >= 15 is 0 Å². The molecule has 1 heterocycles. The molecule has 0 bridgehead atoms. The monoisotopic (exact) mass is 188 g/mol. The van der Waals surface area contributed by atoms with E-state index in [1.807, 2.05) is 12.1 Å². The van der Waals surface area contributed by atoms with Gasteiger partial charge in [0.2, 0.25) is 0 Å². The highest BCUT2D eigenvalue weighted by Crippen LogP contribution is 1.99. The van der Waals surface area contributed by atoms with Crippen molar-refractivity contribution in [3.05, 3.63) is 30.1 Å². The van der Waals surface area contributed by atoms with E-state index in [4.69, 9.17) is 6.42 Å². The SMILES string of the molecule is C#CC(CCC)NCc1ccncc1. The largest absolute Gasteiger partial charge is 0.300 e. The van der Waals surface area contributed by atoms with Crippen molar-refractivity contribution in [2.45, 2.75) is 32.4 Å². The number of nitrogens with one attached hydrogen (secondary N) is 1. The highest BCUT2D eigenvalue weighted by molar-refractivity contribution is 5.10. The van der Waals surface area contributed by atoms with E-state index in [2.05, 4.69) is 23.1 Å². The van der Waals surface area contributed by atoms with Gasteiger partial charge in [-0.2, -0.15) is 0 Å². The van der Waals surface area contributed by atoms with Crippen molar-refractivity contribution in [1.82, 2.24) is 10.3 Å². The van der Waals surface area contributed by atoms with E-state index in [0.717, 1.165) is 19.4 Å². The highest BCUT2D eigenvalue weighted by Gasteiger charge is 2.01. The van der Waals surface area contributed by atoms with Gasteiger partial charge >= 0.3 is 0 Å². The normalized spacial score (nSPS) is 12.0. The second-order valence-electron chi connectivity index (χ2n) is 3.24. The Bertz CT molecular complexity index is 287. The van der Waals surface area contributed by atoms with E-state index in [1.54, 1.807) is 12.4 Å². The van der Waals surface area contributed by atoms with Crippen molar-refractivity contribution in [2.24, 2.45) is 0 Å². The van der Waals surface area contributed by atoms with Crippen LogP contribution in [0.1, 0.15) is 25.3 Å². The predicted octanol–water partition coefficient (Wildman–Crippen LogP) is 1.97. The third-order valence-electron chi connectivity index (χ3n) is 2.08. The molecule has 0 amide bonds. The molecule has 0 aliphatic rings. The number of hydrogen-bond donors (Lipinski definition) is 1. The molecule has 0 aliphatic carbocycles. The Kier molecular flexibility index (Phi) is 4.74. The fourth-order valence-electron chi connectivity index (χ4n) is 1.27. The number of pyridine rings is 1. The summed E-state index contributed by atoms with van der Waals surface area (Å²) in [7, 11) is 0. The summed E-state index contributed by atoms with van der Waals surface area (Å²) in [6.45, 7) is 2.95. The molecule has 1 rings (SSSR count). The van der Waals surface area contributed by atoms with E-state index in [1.165, 1.54) is 5.56 Å². The zero-order chi connectivity index (χ0) is 10.2. The zero-order valence-corrected chi connectivity index (χ0v) is 8.53. The van der Waals surface area contributed by atoms with Gasteiger partial charge in [-0.15, -0.1) is 6.42 Å². The van der Waals surface area contributed by atoms with Crippen LogP contribution in [0.2, 0.25) is 0 Å². The topological polar surface area (TPSA) is 24.9 Å². The third-order valence-corrected chi connectivity index (χ3v) is 2.08. The van der Waals surface area contributed by atoms with Crippen molar-refractivity contribution in [1.29, 1.82) is 0 Å². The summed E-state index contributed by atoms with van der Waals surface area (Å²) in [5.74, 6) is 2.75. The minimum Gasteiger partial charge on any atom is -0.300 e. The number of terminal acetylenes is 1. The molecule has 0 aromatic carbocycles. The first-order valence-electron chi connectivity index (χ1n) is 4.95. The van der Waals surface area contributed by atoms with Crippen LogP contribution in [0.5, 0.6) is 0 Å². The van der Waals surface area contributed by atoms with Gasteiger partial charge in [0.25, 0.3) is 0 Å². The Balaban J connectivity index is 2.37. The van der Waals surface area contributed by atoms with Crippen LogP contribution in [-0.4, -0.2) is 11.0 Å². The van der Waals surface area contributed by atoms with E-state index in [-0.39, 0.29) is 6.04 Å². The maximum Gasteiger partial charge on any atom is 0.0689 e. The van der Waals surface area contributed by atoms with E-state index in [0.29, 0.717) is 0 Å². The fraction of sp³-hybridized carbons (Fsp3) is 0.417. The molecule has 0 saturated heterocycles. The molecule has 1 aromatic rings. The molecule has 1 atom stereocenters. The van der Waals surface area contributed by atoms with Gasteiger partial charge in [-0.3, -0.25) is 10.3 Å². The van der Waals surface area contributed by atoms with Crippen LogP contribution in [0, 0.1) is 12.3 Å². The first-order chi connectivity index (χ1) is 6.86. The quantitative estimate of drug-likeness (QED) is 0.715. The second kappa shape index (κ2) is 6.17. The first-order valence-corrected chi connectivity index (χ1v) is 4.95. The van der Waals surface area contributed by atoms with Crippen molar-refractivity contribution < 1.29 is 0 Å². The van der Waals surface area contributed by atoms with Crippen molar-refractivity contribution in [3.63, 3.8) is 0 Å². The summed E-state index contributed by atoms with van der Waals surface area (Å²) in [5.41, 5.74) is 1.22. The summed E-state index contributed by atoms with van der Waals surface area (Å²) in [5, 5.41) is 3.32. The highest BCUT2D eigenvalue weighted by atomic mass is 14.9. The van der Waals surface area contributed by atoms with Crippen LogP contribution in [0.4, 0.5) is 0 Å². The Labute approximate surface area is 85.8 Å². The molecule has 0 saturated carbocycles. The molecule has 0 fully saturated rings. The molecule has 14 heavy (non-hydrogen) atoms. The minimum atomic E-state index is 0.188. The van der Waals surface area contributed by atoms with Crippen LogP contribution in [0.25, 0.3) is 0 Å². The van der Waals surface area contributed by atoms with Crippen LogP contribution in [-0.2, 0) is 6.54 Å². The van der Waals surface area contributed by atoms with Crippen LogP contribution in [0.3, 0.4) is 0 Å². The minimum absolute atomic E-state index is 0.188. The van der Waals surface area contributed by atoms with Gasteiger partial charge in [-0.25, -0.2) is 0 Å². The lowest BCUT2D eigenvalue weighted by Gasteiger charge is -2.11. The van der Waals surface area contributed by atoms with Gasteiger partial charge in [0.15, 0.2) is 0 Å². The molecule has 2 heteroatoms. The van der Waals surface area contributed by atoms with E-state index in [9.17, 15) is 0 Å². The summed E-state index contributed by atoms with van der Waals surface area (Å²) >= 11 is 0. The Hall–Kier alpha value is -1.33. The predicted molar refractivity (Wildman–Crippen MR) is 58.6 cm³/mol. The van der Waals surface area contributed by atoms with Gasteiger partial charge in [0, 0.05) is 18.9 Å². The maximum atomic E-state index is 5.40. The summed E-state index contributed by atoms with van der Waals surface area (Å²) in [4.78, 5) is 3.96. The average Bonchev–Trinajstić information content (AvgIpc) is 2.25. The molecule has 74 valence electrons. The number of aromatic nitrogens is 1. The maximum absolute atomic E-state index is 5.40. The van der Waals surface area contributed by atoms with Crippen molar-refractivity contribution in [2.75, 3.05) is 0 Å². The molecule has 1 N–H and O–H groups in total. The first kappa shape index (κ1) is 10.7. The smallest absolute Gasteiger partial charge is 0.0689 e. The lowest BCUT2D eigenvalue weighted by molar-refractivity contribution is 0.563. The third kappa shape index (κ3) is 3.59. The fourth-order valence-corrected chi connectivity index (χ4v) is 1.27. The number of nitrogens with zero attached hydrogens (tertiary/aromatic N) is 1. The van der Waals surface area contributed by atoms with Crippen LogP contribution >= 0.6 is 0 Å². The molecule has 0 radical (unpaired) electrons. The van der Waals surface area contributed by atoms with Gasteiger partial charge in [0.1, 0.15) is 0 Å². The van der Waals surface area contributed by atoms with Gasteiger partial charge in [0.05, 0.1) is 6.04 Å². The Morgan fingerprint density at radius 3 is 2.79 bits per heavy atom. The van der Waals surface area contributed by atoms with Crippen LogP contribution < -0.4 is 5.32 Å². The van der Waals surface area contributed by atoms with Gasteiger partial charge < -0.3 is 0 Å². The van der Waals surface area contributed by atoms with Crippen LogP contribution in [0.15, 0.2) is 24.5 Å². The average molecular weight is 188 g/mol. The lowest BCUT2D eigenvalue weighted by Crippen LogP contribution is -2.26. The second-order valence-corrected chi connectivity index (χ2v) is 3.24. The summed E-state index contributed by atoms with van der Waals surface area (Å²) in [6, 6.07) is 4.17. The number of hydrogen-bond acceptors (Lipinski definition) is 2.